The van der Waals surface area contributed by atoms with Crippen LogP contribution < -0.4 is 21.7 Å². The molecule has 0 aromatic heterocycles. The van der Waals surface area contributed by atoms with Gasteiger partial charge in [-0.2, -0.15) is 0 Å². The molecule has 0 aliphatic rings. The lowest BCUT2D eigenvalue weighted by atomic mass is 10.2. The number of thioether (sulfide) groups is 1. The van der Waals surface area contributed by atoms with Gasteiger partial charge in [-0.25, -0.2) is 5.84 Å². The van der Waals surface area contributed by atoms with Crippen LogP contribution in [-0.4, -0.2) is 12.2 Å². The van der Waals surface area contributed by atoms with Gasteiger partial charge in [-0.3, -0.25) is 10.2 Å². The number of ether oxygens (including phenoxy) is 1. The molecule has 0 bridgehead atoms. The number of hydrogen-bond donors (Lipinski definition) is 3. The first-order chi connectivity index (χ1) is 9.62. The number of anilines is 1. The largest absolute Gasteiger partial charge is 0.457 e. The van der Waals surface area contributed by atoms with Gasteiger partial charge < -0.3 is 10.5 Å². The maximum absolute atomic E-state index is 11.3. The minimum atomic E-state index is -0.342. The number of hydrazine groups is 1. The fourth-order valence-electron chi connectivity index (χ4n) is 1.66. The van der Waals surface area contributed by atoms with Gasteiger partial charge in [0.2, 0.25) is 0 Å². The third-order valence-corrected chi connectivity index (χ3v) is 3.33. The highest BCUT2D eigenvalue weighted by molar-refractivity contribution is 7.98. The number of rotatable bonds is 4. The molecule has 5 nitrogen and oxygen atoms in total. The maximum Gasteiger partial charge on any atom is 0.265 e. The number of nitrogen functional groups attached to an aromatic ring is 2. The number of amides is 1. The van der Waals surface area contributed by atoms with Crippen LogP contribution in [0.3, 0.4) is 0 Å². The molecule has 0 heterocycles. The summed E-state index contributed by atoms with van der Waals surface area (Å²) in [5.74, 6) is 6.00. The quantitative estimate of drug-likeness (QED) is 0.264. The zero-order valence-electron chi connectivity index (χ0n) is 10.9. The Balaban J connectivity index is 2.17. The molecule has 0 unspecified atom stereocenters. The second-order valence-corrected chi connectivity index (χ2v) is 4.92. The smallest absolute Gasteiger partial charge is 0.265 e. The first-order valence-corrected chi connectivity index (χ1v) is 7.08. The van der Waals surface area contributed by atoms with Gasteiger partial charge >= 0.3 is 0 Å². The van der Waals surface area contributed by atoms with Gasteiger partial charge in [0.1, 0.15) is 11.5 Å². The van der Waals surface area contributed by atoms with E-state index in [1.807, 2.05) is 18.4 Å². The molecule has 6 heteroatoms. The molecule has 5 N–H and O–H groups in total. The minimum absolute atomic E-state index is 0.342. The summed E-state index contributed by atoms with van der Waals surface area (Å²) in [6.07, 6.45) is 1.97. The summed E-state index contributed by atoms with van der Waals surface area (Å²) in [4.78, 5) is 12.3. The molecule has 0 radical (unpaired) electrons. The van der Waals surface area contributed by atoms with Crippen LogP contribution in [0.5, 0.6) is 11.5 Å². The number of carbonyl (C=O) groups excluding carboxylic acids is 1. The van der Waals surface area contributed by atoms with Gasteiger partial charge in [0.05, 0.1) is 0 Å². The summed E-state index contributed by atoms with van der Waals surface area (Å²) in [7, 11) is 0. The number of hydrogen-bond acceptors (Lipinski definition) is 5. The molecule has 0 aliphatic carbocycles. The highest BCUT2D eigenvalue weighted by atomic mass is 32.2. The van der Waals surface area contributed by atoms with Crippen molar-refractivity contribution in [3.8, 4) is 11.5 Å². The molecule has 104 valence electrons. The monoisotopic (exact) mass is 289 g/mol. The Kier molecular flexibility index (Phi) is 4.49. The van der Waals surface area contributed by atoms with E-state index in [0.29, 0.717) is 22.7 Å². The van der Waals surface area contributed by atoms with E-state index in [-0.39, 0.29) is 5.91 Å². The van der Waals surface area contributed by atoms with Crippen molar-refractivity contribution >= 4 is 23.4 Å². The molecular weight excluding hydrogens is 274 g/mol. The van der Waals surface area contributed by atoms with Crippen molar-refractivity contribution in [3.05, 3.63) is 48.0 Å². The van der Waals surface area contributed by atoms with E-state index in [9.17, 15) is 4.79 Å². The summed E-state index contributed by atoms with van der Waals surface area (Å²) in [5.41, 5.74) is 9.00. The Bertz CT molecular complexity index is 614. The third-order valence-electron chi connectivity index (χ3n) is 2.62. The van der Waals surface area contributed by atoms with E-state index in [1.165, 1.54) is 0 Å². The number of carbonyl (C=O) groups is 1. The van der Waals surface area contributed by atoms with Crippen molar-refractivity contribution in [1.82, 2.24) is 5.43 Å². The van der Waals surface area contributed by atoms with Crippen LogP contribution in [0.25, 0.3) is 0 Å². The standard InChI is InChI=1S/C14H15N3O2S/c1-20-13-7-10(15)6-12(8-13)19-11-4-2-9(3-5-11)14(18)17-16/h2-8H,15-16H2,1H3,(H,17,18). The van der Waals surface area contributed by atoms with Crippen molar-refractivity contribution in [3.63, 3.8) is 0 Å². The van der Waals surface area contributed by atoms with Crippen molar-refractivity contribution < 1.29 is 9.53 Å². The van der Waals surface area contributed by atoms with Crippen LogP contribution in [0.1, 0.15) is 10.4 Å². The molecule has 0 aliphatic heterocycles. The molecule has 20 heavy (non-hydrogen) atoms. The van der Waals surface area contributed by atoms with E-state index >= 15 is 0 Å². The summed E-state index contributed by atoms with van der Waals surface area (Å²) < 4.78 is 5.71. The van der Waals surface area contributed by atoms with Crippen molar-refractivity contribution in [2.75, 3.05) is 12.0 Å². The number of nitrogens with two attached hydrogens (primary N) is 2. The second kappa shape index (κ2) is 6.31. The molecule has 0 saturated heterocycles. The van der Waals surface area contributed by atoms with Gasteiger partial charge in [0.25, 0.3) is 5.91 Å². The van der Waals surface area contributed by atoms with Crippen LogP contribution >= 0.6 is 11.8 Å². The Morgan fingerprint density at radius 2 is 1.85 bits per heavy atom. The summed E-state index contributed by atoms with van der Waals surface area (Å²) >= 11 is 1.59. The van der Waals surface area contributed by atoms with Gasteiger partial charge in [-0.1, -0.05) is 0 Å². The summed E-state index contributed by atoms with van der Waals surface area (Å²) in [5, 5.41) is 0. The Morgan fingerprint density at radius 3 is 2.45 bits per heavy atom. The zero-order chi connectivity index (χ0) is 14.5. The van der Waals surface area contributed by atoms with Gasteiger partial charge in [-0.15, -0.1) is 11.8 Å². The SMILES string of the molecule is CSc1cc(N)cc(Oc2ccc(C(=O)NN)cc2)c1. The van der Waals surface area contributed by atoms with E-state index in [1.54, 1.807) is 42.1 Å². The van der Waals surface area contributed by atoms with Gasteiger partial charge in [0, 0.05) is 22.2 Å². The first kappa shape index (κ1) is 14.2. The Labute approximate surface area is 121 Å². The van der Waals surface area contributed by atoms with Crippen LogP contribution in [0.2, 0.25) is 0 Å². The number of benzene rings is 2. The fraction of sp³-hybridized carbons (Fsp3) is 0.0714. The number of nitrogens with one attached hydrogen (secondary N) is 1. The lowest BCUT2D eigenvalue weighted by molar-refractivity contribution is 0.0953. The lowest BCUT2D eigenvalue weighted by Crippen LogP contribution is -2.29. The summed E-state index contributed by atoms with van der Waals surface area (Å²) in [6, 6.07) is 12.2. The van der Waals surface area contributed by atoms with Crippen molar-refractivity contribution in [2.45, 2.75) is 4.90 Å². The highest BCUT2D eigenvalue weighted by Gasteiger charge is 2.05. The normalized spacial score (nSPS) is 10.1. The van der Waals surface area contributed by atoms with Crippen LogP contribution in [0, 0.1) is 0 Å². The molecule has 2 rings (SSSR count). The van der Waals surface area contributed by atoms with E-state index < -0.39 is 0 Å². The molecule has 0 saturated carbocycles. The third kappa shape index (κ3) is 3.43. The molecule has 0 atom stereocenters. The van der Waals surface area contributed by atoms with Crippen LogP contribution in [-0.2, 0) is 0 Å². The zero-order valence-corrected chi connectivity index (χ0v) is 11.7. The van der Waals surface area contributed by atoms with E-state index in [2.05, 4.69) is 5.43 Å². The Morgan fingerprint density at radius 1 is 1.15 bits per heavy atom. The predicted octanol–water partition coefficient (Wildman–Crippen LogP) is 2.39. The molecular formula is C14H15N3O2S. The maximum atomic E-state index is 11.3. The van der Waals surface area contributed by atoms with Gasteiger partial charge in [-0.05, 0) is 42.7 Å². The Hall–Kier alpha value is -2.18. The first-order valence-electron chi connectivity index (χ1n) is 5.86. The molecule has 2 aromatic carbocycles. The average molecular weight is 289 g/mol. The average Bonchev–Trinajstić information content (AvgIpc) is 2.46. The van der Waals surface area contributed by atoms with Crippen LogP contribution in [0.15, 0.2) is 47.4 Å². The highest BCUT2D eigenvalue weighted by Crippen LogP contribution is 2.28. The topological polar surface area (TPSA) is 90.4 Å². The molecule has 1 amide bonds. The summed E-state index contributed by atoms with van der Waals surface area (Å²) in [6.45, 7) is 0. The molecule has 0 fully saturated rings. The predicted molar refractivity (Wildman–Crippen MR) is 80.8 cm³/mol. The van der Waals surface area contributed by atoms with Gasteiger partial charge in [0.15, 0.2) is 0 Å². The second-order valence-electron chi connectivity index (χ2n) is 4.04. The molecule has 0 spiro atoms. The lowest BCUT2D eigenvalue weighted by Gasteiger charge is -2.09. The van der Waals surface area contributed by atoms with E-state index in [4.69, 9.17) is 16.3 Å². The fourth-order valence-corrected chi connectivity index (χ4v) is 2.15. The van der Waals surface area contributed by atoms with Crippen molar-refractivity contribution in [1.29, 1.82) is 0 Å². The van der Waals surface area contributed by atoms with Crippen molar-refractivity contribution in [2.24, 2.45) is 5.84 Å². The van der Waals surface area contributed by atoms with E-state index in [0.717, 1.165) is 4.90 Å². The van der Waals surface area contributed by atoms with Crippen LogP contribution in [0.4, 0.5) is 5.69 Å². The minimum Gasteiger partial charge on any atom is -0.457 e. The molecule has 2 aromatic rings.